The van der Waals surface area contributed by atoms with E-state index >= 15 is 0 Å². The van der Waals surface area contributed by atoms with E-state index in [2.05, 4.69) is 32.7 Å². The van der Waals surface area contributed by atoms with E-state index in [0.29, 0.717) is 38.4 Å². The van der Waals surface area contributed by atoms with E-state index in [4.69, 9.17) is 5.73 Å². The van der Waals surface area contributed by atoms with Crippen molar-refractivity contribution < 1.29 is 18.3 Å². The standard InChI is InChI=1S/C19H23F2N7OS.C2H6O/c20-16-8-15(24-11-14(22)10-23-13-30)9-17(21)19(16)27-6-4-26(5-7-27)18(29)12-28-3-1-2-25-28;1-3-2/h1-3,8-9,11,13,24H,4-7,10,12,22H2,(H,23,30);1-2H3/b14-11-;. The van der Waals surface area contributed by atoms with Gasteiger partial charge in [-0.15, -0.1) is 0 Å². The van der Waals surface area contributed by atoms with Gasteiger partial charge in [-0.1, -0.05) is 12.2 Å². The topological polar surface area (TPSA) is 101 Å². The van der Waals surface area contributed by atoms with Crippen molar-refractivity contribution >= 4 is 35.0 Å². The molecule has 2 aromatic rings. The number of amides is 1. The molecular formula is C21H29F2N7O2S. The number of thiocarbonyl (C=S) groups is 1. The fourth-order valence-corrected chi connectivity index (χ4v) is 3.23. The first-order valence-corrected chi connectivity index (χ1v) is 10.6. The fourth-order valence-electron chi connectivity index (χ4n) is 3.15. The highest BCUT2D eigenvalue weighted by atomic mass is 32.1. The quantitative estimate of drug-likeness (QED) is 0.488. The van der Waals surface area contributed by atoms with Crippen LogP contribution in [0.25, 0.3) is 0 Å². The number of nitrogens with one attached hydrogen (secondary N) is 2. The van der Waals surface area contributed by atoms with Crippen LogP contribution < -0.4 is 21.3 Å². The summed E-state index contributed by atoms with van der Waals surface area (Å²) in [4.78, 5) is 15.6. The van der Waals surface area contributed by atoms with Crippen LogP contribution in [-0.4, -0.2) is 73.0 Å². The van der Waals surface area contributed by atoms with E-state index in [0.717, 1.165) is 0 Å². The lowest BCUT2D eigenvalue weighted by Crippen LogP contribution is -2.50. The summed E-state index contributed by atoms with van der Waals surface area (Å²) in [7, 11) is 3.25. The SMILES string of the molecule is COC.N/C(=C\Nc1cc(F)c(N2CCN(C(=O)Cn3cccn3)CC2)c(F)c1)CNC=S. The summed E-state index contributed by atoms with van der Waals surface area (Å²) in [6.45, 7) is 1.90. The minimum absolute atomic E-state index is 0.0775. The summed E-state index contributed by atoms with van der Waals surface area (Å²) >= 11 is 4.64. The molecule has 1 saturated heterocycles. The first-order valence-electron chi connectivity index (χ1n) is 10.2. The molecule has 12 heteroatoms. The maximum absolute atomic E-state index is 14.6. The number of hydrogen-bond donors (Lipinski definition) is 3. The molecule has 2 heterocycles. The van der Waals surface area contributed by atoms with E-state index in [1.165, 1.54) is 23.8 Å². The number of ether oxygens (including phenoxy) is 1. The number of benzene rings is 1. The highest BCUT2D eigenvalue weighted by Crippen LogP contribution is 2.28. The van der Waals surface area contributed by atoms with Crippen LogP contribution in [-0.2, 0) is 16.1 Å². The number of hydrogen-bond acceptors (Lipinski definition) is 7. The van der Waals surface area contributed by atoms with Crippen molar-refractivity contribution in [3.8, 4) is 0 Å². The van der Waals surface area contributed by atoms with Crippen LogP contribution in [0.2, 0.25) is 0 Å². The maximum atomic E-state index is 14.6. The lowest BCUT2D eigenvalue weighted by molar-refractivity contribution is -0.132. The third kappa shape index (κ3) is 7.99. The summed E-state index contributed by atoms with van der Waals surface area (Å²) in [5, 5.41) is 9.54. The number of nitrogens with zero attached hydrogens (tertiary/aromatic N) is 4. The fraction of sp³-hybridized carbons (Fsp3) is 0.381. The van der Waals surface area contributed by atoms with Crippen molar-refractivity contribution in [3.63, 3.8) is 0 Å². The van der Waals surface area contributed by atoms with Gasteiger partial charge in [0.15, 0.2) is 11.6 Å². The number of aromatic nitrogens is 2. The van der Waals surface area contributed by atoms with Gasteiger partial charge in [0, 0.05) is 70.4 Å². The molecule has 0 atom stereocenters. The summed E-state index contributed by atoms with van der Waals surface area (Å²) in [5.74, 6) is -1.44. The van der Waals surface area contributed by atoms with Crippen LogP contribution >= 0.6 is 12.2 Å². The molecule has 0 spiro atoms. The third-order valence-electron chi connectivity index (χ3n) is 4.64. The predicted molar refractivity (Wildman–Crippen MR) is 128 cm³/mol. The highest BCUT2D eigenvalue weighted by molar-refractivity contribution is 7.78. The van der Waals surface area contributed by atoms with Crippen LogP contribution in [0, 0.1) is 11.6 Å². The van der Waals surface area contributed by atoms with Crippen LogP contribution in [0.3, 0.4) is 0 Å². The van der Waals surface area contributed by atoms with Crippen molar-refractivity contribution in [2.75, 3.05) is 57.2 Å². The Kier molecular flexibility index (Phi) is 10.5. The second-order valence-electron chi connectivity index (χ2n) is 7.13. The number of rotatable bonds is 8. The molecule has 0 radical (unpaired) electrons. The van der Waals surface area contributed by atoms with Crippen LogP contribution in [0.4, 0.5) is 20.2 Å². The van der Waals surface area contributed by atoms with Crippen molar-refractivity contribution in [3.05, 3.63) is 54.1 Å². The first kappa shape index (κ1) is 26.0. The minimum Gasteiger partial charge on any atom is -0.399 e. The molecule has 0 bridgehead atoms. The zero-order chi connectivity index (χ0) is 24.2. The molecule has 1 fully saturated rings. The van der Waals surface area contributed by atoms with E-state index in [9.17, 15) is 13.6 Å². The smallest absolute Gasteiger partial charge is 0.244 e. The number of anilines is 2. The van der Waals surface area contributed by atoms with Gasteiger partial charge in [0.1, 0.15) is 12.2 Å². The van der Waals surface area contributed by atoms with Gasteiger partial charge in [-0.05, 0) is 18.2 Å². The van der Waals surface area contributed by atoms with Gasteiger partial charge in [-0.2, -0.15) is 5.10 Å². The van der Waals surface area contributed by atoms with E-state index in [1.807, 2.05) is 0 Å². The minimum atomic E-state index is -0.683. The molecule has 180 valence electrons. The normalized spacial score (nSPS) is 13.8. The molecule has 1 aromatic heterocycles. The molecule has 9 nitrogen and oxygen atoms in total. The first-order chi connectivity index (χ1) is 15.9. The Hall–Kier alpha value is -3.25. The number of methoxy groups -OCH3 is 1. The van der Waals surface area contributed by atoms with E-state index in [1.54, 1.807) is 47.2 Å². The number of piperazine rings is 1. The lowest BCUT2D eigenvalue weighted by atomic mass is 10.2. The Morgan fingerprint density at radius 1 is 1.24 bits per heavy atom. The van der Waals surface area contributed by atoms with Crippen LogP contribution in [0.5, 0.6) is 0 Å². The van der Waals surface area contributed by atoms with Crippen LogP contribution in [0.15, 0.2) is 42.5 Å². The van der Waals surface area contributed by atoms with Crippen molar-refractivity contribution in [2.45, 2.75) is 6.54 Å². The average Bonchev–Trinajstić information content (AvgIpc) is 3.30. The molecular weight excluding hydrogens is 452 g/mol. The zero-order valence-electron chi connectivity index (χ0n) is 18.6. The lowest BCUT2D eigenvalue weighted by Gasteiger charge is -2.36. The Bertz CT molecular complexity index is 910. The Balaban J connectivity index is 0.00000122. The molecule has 1 amide bonds. The van der Waals surface area contributed by atoms with Gasteiger partial charge in [0.25, 0.3) is 0 Å². The highest BCUT2D eigenvalue weighted by Gasteiger charge is 2.25. The van der Waals surface area contributed by atoms with Gasteiger partial charge < -0.3 is 30.9 Å². The molecule has 33 heavy (non-hydrogen) atoms. The maximum Gasteiger partial charge on any atom is 0.244 e. The summed E-state index contributed by atoms with van der Waals surface area (Å²) < 4.78 is 35.1. The van der Waals surface area contributed by atoms with Gasteiger partial charge in [-0.3, -0.25) is 9.48 Å². The third-order valence-corrected chi connectivity index (χ3v) is 4.80. The van der Waals surface area contributed by atoms with Crippen molar-refractivity contribution in [1.29, 1.82) is 0 Å². The van der Waals surface area contributed by atoms with Gasteiger partial charge in [0.2, 0.25) is 5.91 Å². The number of carbonyl (C=O) groups is 1. The molecule has 0 aliphatic carbocycles. The molecule has 1 aliphatic heterocycles. The summed E-state index contributed by atoms with van der Waals surface area (Å²) in [6.07, 6.45) is 4.77. The molecule has 0 unspecified atom stereocenters. The monoisotopic (exact) mass is 481 g/mol. The summed E-state index contributed by atoms with van der Waals surface area (Å²) in [5.41, 5.74) is 7.65. The van der Waals surface area contributed by atoms with Crippen molar-refractivity contribution in [2.24, 2.45) is 5.73 Å². The average molecular weight is 482 g/mol. The molecule has 3 rings (SSSR count). The molecule has 1 aliphatic rings. The van der Waals surface area contributed by atoms with Gasteiger partial charge in [-0.25, -0.2) is 8.78 Å². The van der Waals surface area contributed by atoms with Gasteiger partial charge in [0.05, 0.1) is 12.0 Å². The van der Waals surface area contributed by atoms with Crippen molar-refractivity contribution in [1.82, 2.24) is 20.0 Å². The molecule has 1 aromatic carbocycles. The number of halogens is 2. The Morgan fingerprint density at radius 3 is 2.42 bits per heavy atom. The van der Waals surface area contributed by atoms with Gasteiger partial charge >= 0.3 is 0 Å². The molecule has 0 saturated carbocycles. The zero-order valence-corrected chi connectivity index (χ0v) is 19.4. The second kappa shape index (κ2) is 13.3. The molecule has 4 N–H and O–H groups in total. The Morgan fingerprint density at radius 2 is 1.88 bits per heavy atom. The largest absolute Gasteiger partial charge is 0.399 e. The number of carbonyl (C=O) groups excluding carboxylic acids is 1. The second-order valence-corrected chi connectivity index (χ2v) is 7.37. The van der Waals surface area contributed by atoms with E-state index in [-0.39, 0.29) is 23.8 Å². The summed E-state index contributed by atoms with van der Waals surface area (Å²) in [6, 6.07) is 4.17. The van der Waals surface area contributed by atoms with E-state index < -0.39 is 11.6 Å². The predicted octanol–water partition coefficient (Wildman–Crippen LogP) is 1.53. The van der Waals surface area contributed by atoms with Crippen LogP contribution in [0.1, 0.15) is 0 Å². The number of nitrogens with two attached hydrogens (primary N) is 1. The Labute approximate surface area is 197 Å².